The maximum atomic E-state index is 13.0. The minimum Gasteiger partial charge on any atom is -0.368 e. The van der Waals surface area contributed by atoms with Gasteiger partial charge >= 0.3 is 0 Å². The maximum absolute atomic E-state index is 13.0. The number of para-hydroxylation sites is 1. The molecule has 4 N–H and O–H groups in total. The first-order valence-corrected chi connectivity index (χ1v) is 10.0. The third-order valence-corrected chi connectivity index (χ3v) is 5.74. The summed E-state index contributed by atoms with van der Waals surface area (Å²) >= 11 is 0. The molecule has 1 aromatic carbocycles. The molecule has 0 spiro atoms. The molecule has 154 valence electrons. The van der Waals surface area contributed by atoms with E-state index in [0.29, 0.717) is 47.8 Å². The number of carbonyl (C=O) groups excluding carboxylic acids is 2. The Kier molecular flexibility index (Phi) is 5.49. The van der Waals surface area contributed by atoms with E-state index in [1.54, 1.807) is 6.07 Å². The van der Waals surface area contributed by atoms with Crippen LogP contribution in [0.2, 0.25) is 0 Å². The molecular weight excluding hydrogens is 370 g/mol. The van der Waals surface area contributed by atoms with Crippen molar-refractivity contribution in [1.82, 2.24) is 20.7 Å². The summed E-state index contributed by atoms with van der Waals surface area (Å²) in [6, 6.07) is 9.11. The van der Waals surface area contributed by atoms with Crippen molar-refractivity contribution >= 4 is 22.7 Å². The number of nitrogens with one attached hydrogen (secondary N) is 2. The molecule has 2 aromatic rings. The minimum atomic E-state index is -0.505. The highest BCUT2D eigenvalue weighted by atomic mass is 16.5. The first kappa shape index (κ1) is 19.8. The predicted octanol–water partition coefficient (Wildman–Crippen LogP) is 1.12. The molecule has 0 radical (unpaired) electrons. The Balaban J connectivity index is 1.54. The van der Waals surface area contributed by atoms with Crippen molar-refractivity contribution in [2.75, 3.05) is 19.7 Å². The largest absolute Gasteiger partial charge is 0.368 e. The van der Waals surface area contributed by atoms with Crippen LogP contribution in [0.5, 0.6) is 0 Å². The molecule has 3 unspecified atom stereocenters. The second-order valence-corrected chi connectivity index (χ2v) is 8.05. The highest BCUT2D eigenvalue weighted by Gasteiger charge is 2.36. The van der Waals surface area contributed by atoms with E-state index in [9.17, 15) is 9.59 Å². The average Bonchev–Trinajstić information content (AvgIpc) is 3.23. The van der Waals surface area contributed by atoms with Gasteiger partial charge in [0.1, 0.15) is 12.1 Å². The molecule has 4 rings (SSSR count). The number of ether oxygens (including phenoxy) is 1. The van der Waals surface area contributed by atoms with Gasteiger partial charge < -0.3 is 15.4 Å². The van der Waals surface area contributed by atoms with E-state index in [-0.39, 0.29) is 18.0 Å². The van der Waals surface area contributed by atoms with Crippen molar-refractivity contribution in [2.45, 2.75) is 38.5 Å². The second-order valence-electron chi connectivity index (χ2n) is 8.05. The fourth-order valence-electron chi connectivity index (χ4n) is 3.99. The van der Waals surface area contributed by atoms with Crippen LogP contribution in [-0.2, 0) is 9.53 Å². The Morgan fingerprint density at radius 2 is 2.07 bits per heavy atom. The molecule has 3 heterocycles. The second kappa shape index (κ2) is 8.06. The van der Waals surface area contributed by atoms with E-state index < -0.39 is 12.0 Å². The number of carbonyl (C=O) groups is 2. The maximum Gasteiger partial charge on any atom is 0.249 e. The van der Waals surface area contributed by atoms with Crippen molar-refractivity contribution < 1.29 is 14.3 Å². The lowest BCUT2D eigenvalue weighted by Crippen LogP contribution is -2.50. The molecule has 2 aliphatic heterocycles. The van der Waals surface area contributed by atoms with Gasteiger partial charge in [0.25, 0.3) is 0 Å². The summed E-state index contributed by atoms with van der Waals surface area (Å²) in [6.45, 7) is 5.63. The Labute approximate surface area is 169 Å². The zero-order valence-electron chi connectivity index (χ0n) is 16.7. The predicted molar refractivity (Wildman–Crippen MR) is 109 cm³/mol. The van der Waals surface area contributed by atoms with E-state index in [0.717, 1.165) is 6.42 Å². The normalized spacial score (nSPS) is 24.9. The average molecular weight is 397 g/mol. The molecule has 0 saturated carbocycles. The molecular formula is C21H27N5O3. The number of primary amides is 1. The number of aromatic nitrogens is 1. The van der Waals surface area contributed by atoms with Crippen LogP contribution in [0.1, 0.15) is 42.4 Å². The first-order valence-electron chi connectivity index (χ1n) is 10.0. The van der Waals surface area contributed by atoms with Crippen LogP contribution in [0.3, 0.4) is 0 Å². The van der Waals surface area contributed by atoms with E-state index in [2.05, 4.69) is 29.7 Å². The highest BCUT2D eigenvalue weighted by Crippen LogP contribution is 2.27. The number of nitrogens with zero attached hydrogens (tertiary/aromatic N) is 2. The van der Waals surface area contributed by atoms with Gasteiger partial charge in [-0.1, -0.05) is 32.0 Å². The van der Waals surface area contributed by atoms with Gasteiger partial charge in [-0.25, -0.2) is 10.4 Å². The quantitative estimate of drug-likeness (QED) is 0.713. The number of hydrogen-bond acceptors (Lipinski definition) is 6. The van der Waals surface area contributed by atoms with Crippen LogP contribution in [0, 0.1) is 5.92 Å². The number of fused-ring (bicyclic) bond motifs is 1. The molecule has 2 aliphatic rings. The Hall–Kier alpha value is -2.55. The number of pyridine rings is 1. The van der Waals surface area contributed by atoms with Crippen molar-refractivity contribution in [2.24, 2.45) is 11.7 Å². The first-order chi connectivity index (χ1) is 13.9. The topological polar surface area (TPSA) is 110 Å². The summed E-state index contributed by atoms with van der Waals surface area (Å²) < 4.78 is 5.91. The number of benzene rings is 1. The van der Waals surface area contributed by atoms with Gasteiger partial charge in [0.2, 0.25) is 11.8 Å². The summed E-state index contributed by atoms with van der Waals surface area (Å²) in [5.74, 6) is 0.00571. The lowest BCUT2D eigenvalue weighted by Gasteiger charge is -2.34. The van der Waals surface area contributed by atoms with E-state index >= 15 is 0 Å². The fourth-order valence-corrected chi connectivity index (χ4v) is 3.99. The molecule has 0 aliphatic carbocycles. The molecule has 1 aromatic heterocycles. The third kappa shape index (κ3) is 3.96. The van der Waals surface area contributed by atoms with Crippen molar-refractivity contribution in [3.8, 4) is 0 Å². The zero-order valence-corrected chi connectivity index (χ0v) is 16.7. The van der Waals surface area contributed by atoms with Crippen LogP contribution >= 0.6 is 0 Å². The SMILES string of the molecule is CC(C)C1CC(C(=O)N2CCOC(c3cc(C(N)=O)c4ccccc4n3)C2)NN1. The Morgan fingerprint density at radius 1 is 1.28 bits per heavy atom. The molecule has 3 atom stereocenters. The summed E-state index contributed by atoms with van der Waals surface area (Å²) in [4.78, 5) is 31.4. The monoisotopic (exact) mass is 397 g/mol. The van der Waals surface area contributed by atoms with Crippen LogP contribution in [0.25, 0.3) is 10.9 Å². The van der Waals surface area contributed by atoms with Gasteiger partial charge in [0.05, 0.1) is 29.9 Å². The number of hydrogen-bond donors (Lipinski definition) is 3. The molecule has 0 bridgehead atoms. The van der Waals surface area contributed by atoms with E-state index in [4.69, 9.17) is 10.5 Å². The van der Waals surface area contributed by atoms with Crippen LogP contribution in [0.15, 0.2) is 30.3 Å². The van der Waals surface area contributed by atoms with Crippen LogP contribution in [0.4, 0.5) is 0 Å². The van der Waals surface area contributed by atoms with Crippen molar-refractivity contribution in [1.29, 1.82) is 0 Å². The van der Waals surface area contributed by atoms with Crippen molar-refractivity contribution in [3.63, 3.8) is 0 Å². The lowest BCUT2D eigenvalue weighted by atomic mass is 9.99. The van der Waals surface area contributed by atoms with Gasteiger partial charge in [0, 0.05) is 18.0 Å². The standard InChI is InChI=1S/C21H27N5O3/c1-12(2)16-10-18(25-24-16)21(28)26-7-8-29-19(11-26)17-9-14(20(22)27)13-5-3-4-6-15(13)23-17/h3-6,9,12,16,18-19,24-25H,7-8,10-11H2,1-2H3,(H2,22,27). The minimum absolute atomic E-state index is 0.0601. The summed E-state index contributed by atoms with van der Waals surface area (Å²) in [6.07, 6.45) is 0.365. The number of hydrazine groups is 1. The molecule has 2 saturated heterocycles. The van der Waals surface area contributed by atoms with Gasteiger partial charge in [-0.15, -0.1) is 0 Å². The van der Waals surface area contributed by atoms with Gasteiger partial charge in [0.15, 0.2) is 0 Å². The zero-order chi connectivity index (χ0) is 20.5. The number of rotatable bonds is 4. The fraction of sp³-hybridized carbons (Fsp3) is 0.476. The number of morpholine rings is 1. The molecule has 2 amide bonds. The van der Waals surface area contributed by atoms with Crippen LogP contribution < -0.4 is 16.6 Å². The van der Waals surface area contributed by atoms with E-state index in [1.165, 1.54) is 0 Å². The van der Waals surface area contributed by atoms with Gasteiger partial charge in [-0.3, -0.25) is 15.0 Å². The summed E-state index contributed by atoms with van der Waals surface area (Å²) in [5.41, 5.74) is 13.7. The lowest BCUT2D eigenvalue weighted by molar-refractivity contribution is -0.141. The third-order valence-electron chi connectivity index (χ3n) is 5.74. The molecule has 29 heavy (non-hydrogen) atoms. The summed E-state index contributed by atoms with van der Waals surface area (Å²) in [5, 5.41) is 0.716. The highest BCUT2D eigenvalue weighted by molar-refractivity contribution is 6.05. The Morgan fingerprint density at radius 3 is 2.79 bits per heavy atom. The van der Waals surface area contributed by atoms with Crippen molar-refractivity contribution in [3.05, 3.63) is 41.6 Å². The smallest absolute Gasteiger partial charge is 0.249 e. The van der Waals surface area contributed by atoms with Crippen LogP contribution in [-0.4, -0.2) is 53.5 Å². The van der Waals surface area contributed by atoms with Gasteiger partial charge in [-0.05, 0) is 24.5 Å². The number of amides is 2. The molecule has 8 heteroatoms. The van der Waals surface area contributed by atoms with E-state index in [1.807, 2.05) is 29.2 Å². The Bertz CT molecular complexity index is 932. The van der Waals surface area contributed by atoms with Gasteiger partial charge in [-0.2, -0.15) is 0 Å². The summed E-state index contributed by atoms with van der Waals surface area (Å²) in [7, 11) is 0. The molecule has 2 fully saturated rings. The molecule has 8 nitrogen and oxygen atoms in total. The number of nitrogens with two attached hydrogens (primary N) is 1.